The van der Waals surface area contributed by atoms with E-state index < -0.39 is 0 Å². The molecule has 0 bridgehead atoms. The van der Waals surface area contributed by atoms with Gasteiger partial charge >= 0.3 is 0 Å². The standard InChI is InChI=1S/C37H29NO/c1-37(2)32-14-8-9-15-34(32)38(30-12-4-3-5-13-30)35-20-18-28(24-33(35)37)27-19-21-36(39)31(23-27)29-17-16-25-10-6-7-11-26(25)22-29/h3-24,39H,1-2H3. The molecule has 6 aromatic carbocycles. The molecule has 0 aliphatic carbocycles. The van der Waals surface area contributed by atoms with E-state index >= 15 is 0 Å². The second kappa shape index (κ2) is 8.89. The fourth-order valence-electron chi connectivity index (χ4n) is 6.04. The zero-order valence-electron chi connectivity index (χ0n) is 22.1. The van der Waals surface area contributed by atoms with Crippen molar-refractivity contribution in [2.24, 2.45) is 0 Å². The summed E-state index contributed by atoms with van der Waals surface area (Å²) in [6.07, 6.45) is 0. The van der Waals surface area contributed by atoms with Gasteiger partial charge in [0.15, 0.2) is 0 Å². The van der Waals surface area contributed by atoms with Gasteiger partial charge in [0.1, 0.15) is 5.75 Å². The van der Waals surface area contributed by atoms with Gasteiger partial charge < -0.3 is 10.0 Å². The molecule has 0 fully saturated rings. The van der Waals surface area contributed by atoms with Gasteiger partial charge in [-0.2, -0.15) is 0 Å². The van der Waals surface area contributed by atoms with Crippen molar-refractivity contribution >= 4 is 27.8 Å². The van der Waals surface area contributed by atoms with Gasteiger partial charge in [0.2, 0.25) is 0 Å². The fraction of sp³-hybridized carbons (Fsp3) is 0.0811. The molecule has 0 aromatic heterocycles. The summed E-state index contributed by atoms with van der Waals surface area (Å²) in [5, 5.41) is 13.2. The van der Waals surface area contributed by atoms with Gasteiger partial charge in [0.25, 0.3) is 0 Å². The quantitative estimate of drug-likeness (QED) is 0.260. The van der Waals surface area contributed by atoms with Crippen LogP contribution >= 0.6 is 0 Å². The molecule has 1 aliphatic rings. The van der Waals surface area contributed by atoms with Crippen molar-refractivity contribution in [3.8, 4) is 28.0 Å². The molecule has 0 amide bonds. The minimum atomic E-state index is -0.175. The molecule has 2 heteroatoms. The van der Waals surface area contributed by atoms with E-state index in [2.05, 4.69) is 134 Å². The van der Waals surface area contributed by atoms with Gasteiger partial charge in [-0.15, -0.1) is 0 Å². The Hall–Kier alpha value is -4.82. The normalized spacial score (nSPS) is 13.6. The van der Waals surface area contributed by atoms with Crippen molar-refractivity contribution in [3.63, 3.8) is 0 Å². The molecular weight excluding hydrogens is 474 g/mol. The first-order valence-corrected chi connectivity index (χ1v) is 13.4. The van der Waals surface area contributed by atoms with Gasteiger partial charge in [-0.05, 0) is 87.1 Å². The van der Waals surface area contributed by atoms with Gasteiger partial charge in [0, 0.05) is 16.7 Å². The number of hydrogen-bond donors (Lipinski definition) is 1. The van der Waals surface area contributed by atoms with Crippen molar-refractivity contribution in [3.05, 3.63) is 145 Å². The Morgan fingerprint density at radius 3 is 2.00 bits per heavy atom. The molecule has 188 valence electrons. The Morgan fingerprint density at radius 2 is 1.15 bits per heavy atom. The second-order valence-corrected chi connectivity index (χ2v) is 10.8. The number of phenolic OH excluding ortho intramolecular Hbond substituents is 1. The maximum atomic E-state index is 10.8. The smallest absolute Gasteiger partial charge is 0.123 e. The molecule has 1 N–H and O–H groups in total. The molecule has 0 saturated carbocycles. The SMILES string of the molecule is CC1(C)c2ccccc2N(c2ccccc2)c2ccc(-c3ccc(O)c(-c4ccc5ccccc5c4)c3)cc21. The average molecular weight is 504 g/mol. The van der Waals surface area contributed by atoms with E-state index in [1.165, 1.54) is 27.9 Å². The van der Waals surface area contributed by atoms with Crippen molar-refractivity contribution in [2.45, 2.75) is 19.3 Å². The number of aromatic hydroxyl groups is 1. The highest BCUT2D eigenvalue weighted by Gasteiger charge is 2.36. The van der Waals surface area contributed by atoms with Crippen LogP contribution < -0.4 is 4.90 Å². The highest BCUT2D eigenvalue weighted by atomic mass is 16.3. The van der Waals surface area contributed by atoms with Crippen molar-refractivity contribution in [1.29, 1.82) is 0 Å². The molecule has 39 heavy (non-hydrogen) atoms. The highest BCUT2D eigenvalue weighted by molar-refractivity contribution is 5.90. The lowest BCUT2D eigenvalue weighted by molar-refractivity contribution is 0.477. The van der Waals surface area contributed by atoms with E-state index in [0.29, 0.717) is 0 Å². The largest absolute Gasteiger partial charge is 0.507 e. The topological polar surface area (TPSA) is 23.5 Å². The van der Waals surface area contributed by atoms with Crippen LogP contribution in [0.3, 0.4) is 0 Å². The molecule has 0 saturated heterocycles. The first kappa shape index (κ1) is 23.3. The first-order chi connectivity index (χ1) is 19.0. The summed E-state index contributed by atoms with van der Waals surface area (Å²) in [5.41, 5.74) is 10.0. The summed E-state index contributed by atoms with van der Waals surface area (Å²) in [7, 11) is 0. The van der Waals surface area contributed by atoms with Crippen LogP contribution in [-0.4, -0.2) is 5.11 Å². The maximum Gasteiger partial charge on any atom is 0.123 e. The number of hydrogen-bond acceptors (Lipinski definition) is 2. The number of anilines is 3. The Labute approximate surface area is 229 Å². The summed E-state index contributed by atoms with van der Waals surface area (Å²) in [6.45, 7) is 4.63. The third-order valence-electron chi connectivity index (χ3n) is 8.13. The number of para-hydroxylation sites is 2. The number of rotatable bonds is 3. The Kier molecular flexibility index (Phi) is 5.31. The van der Waals surface area contributed by atoms with E-state index in [0.717, 1.165) is 33.3 Å². The van der Waals surface area contributed by atoms with Crippen molar-refractivity contribution in [2.75, 3.05) is 4.90 Å². The lowest BCUT2D eigenvalue weighted by atomic mass is 9.73. The molecule has 1 heterocycles. The van der Waals surface area contributed by atoms with E-state index in [-0.39, 0.29) is 11.2 Å². The minimum absolute atomic E-state index is 0.175. The maximum absolute atomic E-state index is 10.8. The van der Waals surface area contributed by atoms with Crippen LogP contribution in [0.25, 0.3) is 33.0 Å². The molecule has 0 unspecified atom stereocenters. The van der Waals surface area contributed by atoms with Crippen LogP contribution in [0.4, 0.5) is 17.1 Å². The summed E-state index contributed by atoms with van der Waals surface area (Å²) in [4.78, 5) is 2.37. The van der Waals surface area contributed by atoms with Crippen LogP contribution in [0.5, 0.6) is 5.75 Å². The van der Waals surface area contributed by atoms with E-state index in [9.17, 15) is 5.11 Å². The van der Waals surface area contributed by atoms with Crippen molar-refractivity contribution < 1.29 is 5.11 Å². The Balaban J connectivity index is 1.38. The van der Waals surface area contributed by atoms with E-state index in [1.807, 2.05) is 18.2 Å². The van der Waals surface area contributed by atoms with Gasteiger partial charge in [-0.25, -0.2) is 0 Å². The minimum Gasteiger partial charge on any atom is -0.507 e. The highest BCUT2D eigenvalue weighted by Crippen LogP contribution is 2.52. The molecule has 7 rings (SSSR count). The summed E-state index contributed by atoms with van der Waals surface area (Å²) < 4.78 is 0. The Morgan fingerprint density at radius 1 is 0.513 bits per heavy atom. The first-order valence-electron chi connectivity index (χ1n) is 13.4. The van der Waals surface area contributed by atoms with Crippen LogP contribution in [0.1, 0.15) is 25.0 Å². The summed E-state index contributed by atoms with van der Waals surface area (Å²) >= 11 is 0. The van der Waals surface area contributed by atoms with Gasteiger partial charge in [-0.3, -0.25) is 0 Å². The predicted octanol–water partition coefficient (Wildman–Crippen LogP) is 9.99. The average Bonchev–Trinajstić information content (AvgIpc) is 2.98. The summed E-state index contributed by atoms with van der Waals surface area (Å²) in [6, 6.07) is 46.7. The van der Waals surface area contributed by atoms with Gasteiger partial charge in [-0.1, -0.05) is 98.8 Å². The van der Waals surface area contributed by atoms with Crippen LogP contribution in [0.2, 0.25) is 0 Å². The monoisotopic (exact) mass is 503 g/mol. The van der Waals surface area contributed by atoms with Crippen LogP contribution in [-0.2, 0) is 5.41 Å². The molecular formula is C37H29NO. The Bertz CT molecular complexity index is 1850. The summed E-state index contributed by atoms with van der Waals surface area (Å²) in [5.74, 6) is 0.288. The number of nitrogens with zero attached hydrogens (tertiary/aromatic N) is 1. The van der Waals surface area contributed by atoms with E-state index in [4.69, 9.17) is 0 Å². The second-order valence-electron chi connectivity index (χ2n) is 10.8. The molecule has 2 nitrogen and oxygen atoms in total. The third-order valence-corrected chi connectivity index (χ3v) is 8.13. The number of phenols is 1. The zero-order valence-corrected chi connectivity index (χ0v) is 22.1. The molecule has 0 radical (unpaired) electrons. The van der Waals surface area contributed by atoms with Crippen LogP contribution in [0.15, 0.2) is 133 Å². The fourth-order valence-corrected chi connectivity index (χ4v) is 6.04. The molecule has 0 spiro atoms. The van der Waals surface area contributed by atoms with Crippen LogP contribution in [0, 0.1) is 0 Å². The van der Waals surface area contributed by atoms with E-state index in [1.54, 1.807) is 0 Å². The molecule has 0 atom stereocenters. The lowest BCUT2D eigenvalue weighted by Gasteiger charge is -2.42. The predicted molar refractivity (Wildman–Crippen MR) is 163 cm³/mol. The molecule has 6 aromatic rings. The molecule has 1 aliphatic heterocycles. The third kappa shape index (κ3) is 3.80. The number of fused-ring (bicyclic) bond motifs is 3. The van der Waals surface area contributed by atoms with Gasteiger partial charge in [0.05, 0.1) is 11.4 Å². The number of benzene rings is 6. The zero-order chi connectivity index (χ0) is 26.6. The van der Waals surface area contributed by atoms with Crippen molar-refractivity contribution in [1.82, 2.24) is 0 Å². The lowest BCUT2D eigenvalue weighted by Crippen LogP contribution is -2.30.